The smallest absolute Gasteiger partial charge is 0.273 e. The second kappa shape index (κ2) is 7.55. The number of halogens is 2. The zero-order valence-electron chi connectivity index (χ0n) is 14.3. The molecular weight excluding hydrogens is 379 g/mol. The Balaban J connectivity index is 1.75. The fourth-order valence-electron chi connectivity index (χ4n) is 3.25. The molecule has 1 atom stereocenters. The van der Waals surface area contributed by atoms with E-state index < -0.39 is 0 Å². The van der Waals surface area contributed by atoms with Crippen molar-refractivity contribution >= 4 is 46.2 Å². The van der Waals surface area contributed by atoms with Crippen LogP contribution in [0.5, 0.6) is 0 Å². The molecule has 5 heteroatoms. The molecule has 1 saturated heterocycles. The molecule has 27 heavy (non-hydrogen) atoms. The highest BCUT2D eigenvalue weighted by Gasteiger charge is 2.38. The van der Waals surface area contributed by atoms with Crippen LogP contribution in [0.4, 0.5) is 11.4 Å². The molecule has 0 aliphatic carbocycles. The van der Waals surface area contributed by atoms with Crippen LogP contribution in [0.2, 0.25) is 10.0 Å². The number of aliphatic imine (C=N–C) groups is 1. The molecule has 1 fully saturated rings. The Hall–Kier alpha value is -2.62. The van der Waals surface area contributed by atoms with Gasteiger partial charge >= 0.3 is 0 Å². The molecule has 134 valence electrons. The zero-order valence-corrected chi connectivity index (χ0v) is 15.9. The van der Waals surface area contributed by atoms with Gasteiger partial charge in [-0.2, -0.15) is 0 Å². The molecule has 1 aliphatic rings. The number of nitrogens with zero attached hydrogens (tertiary/aromatic N) is 2. The molecule has 1 amide bonds. The highest BCUT2D eigenvalue weighted by atomic mass is 35.5. The molecule has 3 aromatic carbocycles. The van der Waals surface area contributed by atoms with Gasteiger partial charge < -0.3 is 0 Å². The number of anilines is 1. The Labute approximate surface area is 167 Å². The van der Waals surface area contributed by atoms with Gasteiger partial charge in [-0.25, -0.2) is 4.99 Å². The molecular formula is C22H16Cl2N2O. The summed E-state index contributed by atoms with van der Waals surface area (Å²) >= 11 is 12.0. The predicted molar refractivity (Wildman–Crippen MR) is 111 cm³/mol. The van der Waals surface area contributed by atoms with Crippen molar-refractivity contribution in [2.75, 3.05) is 4.90 Å². The van der Waals surface area contributed by atoms with E-state index in [1.165, 1.54) is 0 Å². The Kier molecular flexibility index (Phi) is 4.97. The Morgan fingerprint density at radius 3 is 2.04 bits per heavy atom. The van der Waals surface area contributed by atoms with E-state index in [2.05, 4.69) is 4.99 Å². The third-order valence-corrected chi connectivity index (χ3v) is 5.05. The monoisotopic (exact) mass is 394 g/mol. The van der Waals surface area contributed by atoms with Crippen LogP contribution in [0.15, 0.2) is 83.9 Å². The van der Waals surface area contributed by atoms with Gasteiger partial charge in [-0.15, -0.1) is 0 Å². The quantitative estimate of drug-likeness (QED) is 0.516. The number of amides is 1. The van der Waals surface area contributed by atoms with Crippen molar-refractivity contribution in [1.29, 1.82) is 0 Å². The molecule has 4 rings (SSSR count). The molecule has 0 radical (unpaired) electrons. The van der Waals surface area contributed by atoms with Gasteiger partial charge in [0, 0.05) is 22.2 Å². The third kappa shape index (κ3) is 3.75. The van der Waals surface area contributed by atoms with E-state index in [4.69, 9.17) is 23.2 Å². The minimum atomic E-state index is -0.106. The van der Waals surface area contributed by atoms with Crippen molar-refractivity contribution in [2.45, 2.75) is 12.5 Å². The average Bonchev–Trinajstić information content (AvgIpc) is 3.01. The molecule has 0 aromatic heterocycles. The molecule has 3 aromatic rings. The van der Waals surface area contributed by atoms with Crippen LogP contribution in [0.25, 0.3) is 0 Å². The second-order valence-electron chi connectivity index (χ2n) is 6.32. The number of hydrogen-bond donors (Lipinski definition) is 0. The van der Waals surface area contributed by atoms with E-state index in [-0.39, 0.29) is 11.9 Å². The zero-order chi connectivity index (χ0) is 18.8. The average molecular weight is 395 g/mol. The van der Waals surface area contributed by atoms with Gasteiger partial charge in [0.05, 0.1) is 11.7 Å². The summed E-state index contributed by atoms with van der Waals surface area (Å²) in [6, 6.07) is 24.4. The maximum atomic E-state index is 13.2. The lowest BCUT2D eigenvalue weighted by atomic mass is 10.0. The lowest BCUT2D eigenvalue weighted by Crippen LogP contribution is -2.29. The van der Waals surface area contributed by atoms with Gasteiger partial charge in [-0.05, 0) is 54.1 Å². The third-order valence-electron chi connectivity index (χ3n) is 4.54. The van der Waals surface area contributed by atoms with Gasteiger partial charge in [-0.1, -0.05) is 53.5 Å². The number of carbonyl (C=O) groups is 1. The minimum Gasteiger partial charge on any atom is -0.299 e. The van der Waals surface area contributed by atoms with E-state index in [1.807, 2.05) is 54.6 Å². The van der Waals surface area contributed by atoms with Crippen molar-refractivity contribution in [2.24, 2.45) is 4.99 Å². The number of carbonyl (C=O) groups excluding carboxylic acids is 1. The fraction of sp³-hybridized carbons (Fsp3) is 0.0909. The highest BCUT2D eigenvalue weighted by molar-refractivity contribution is 6.46. The summed E-state index contributed by atoms with van der Waals surface area (Å²) in [5, 5.41) is 1.28. The number of benzene rings is 3. The summed E-state index contributed by atoms with van der Waals surface area (Å²) in [5.41, 5.74) is 3.12. The maximum Gasteiger partial charge on any atom is 0.273 e. The lowest BCUT2D eigenvalue weighted by Gasteiger charge is -2.24. The first kappa shape index (κ1) is 17.8. The first-order valence-electron chi connectivity index (χ1n) is 8.59. The minimum absolute atomic E-state index is 0.0962. The van der Waals surface area contributed by atoms with Gasteiger partial charge in [0.15, 0.2) is 0 Å². The van der Waals surface area contributed by atoms with Crippen LogP contribution in [0.3, 0.4) is 0 Å². The summed E-state index contributed by atoms with van der Waals surface area (Å²) < 4.78 is 0. The summed E-state index contributed by atoms with van der Waals surface area (Å²) in [6.45, 7) is 0. The number of rotatable bonds is 3. The molecule has 1 unspecified atom stereocenters. The first-order chi connectivity index (χ1) is 13.1. The lowest BCUT2D eigenvalue weighted by molar-refractivity contribution is -0.112. The fourth-order valence-corrected chi connectivity index (χ4v) is 3.50. The van der Waals surface area contributed by atoms with Crippen molar-refractivity contribution < 1.29 is 4.79 Å². The van der Waals surface area contributed by atoms with Crippen molar-refractivity contribution in [3.8, 4) is 0 Å². The van der Waals surface area contributed by atoms with Gasteiger partial charge in [0.25, 0.3) is 5.91 Å². The second-order valence-corrected chi connectivity index (χ2v) is 7.19. The van der Waals surface area contributed by atoms with Crippen LogP contribution in [0.1, 0.15) is 18.0 Å². The summed E-state index contributed by atoms with van der Waals surface area (Å²) in [5.74, 6) is -0.0962. The van der Waals surface area contributed by atoms with E-state index in [0.29, 0.717) is 27.9 Å². The van der Waals surface area contributed by atoms with Crippen molar-refractivity contribution in [1.82, 2.24) is 0 Å². The molecule has 0 spiro atoms. The maximum absolute atomic E-state index is 13.2. The largest absolute Gasteiger partial charge is 0.299 e. The highest BCUT2D eigenvalue weighted by Crippen LogP contribution is 2.37. The Morgan fingerprint density at radius 1 is 0.815 bits per heavy atom. The van der Waals surface area contributed by atoms with Crippen LogP contribution in [-0.2, 0) is 4.79 Å². The van der Waals surface area contributed by atoms with Gasteiger partial charge in [0.1, 0.15) is 5.71 Å². The van der Waals surface area contributed by atoms with Gasteiger partial charge in [-0.3, -0.25) is 9.69 Å². The summed E-state index contributed by atoms with van der Waals surface area (Å²) in [6.07, 6.45) is 0.536. The molecule has 0 saturated carbocycles. The standard InChI is InChI=1S/C22H16Cl2N2O/c23-16-6-10-18(11-7-16)25-20-14-21(15-4-2-1-3-5-15)26(22(20)27)19-12-8-17(24)9-13-19/h1-13,21H,14H2. The van der Waals surface area contributed by atoms with Crippen LogP contribution < -0.4 is 4.90 Å². The van der Waals surface area contributed by atoms with Gasteiger partial charge in [0.2, 0.25) is 0 Å². The molecule has 1 aliphatic heterocycles. The predicted octanol–water partition coefficient (Wildman–Crippen LogP) is 6.24. The summed E-state index contributed by atoms with van der Waals surface area (Å²) in [7, 11) is 0. The van der Waals surface area contributed by atoms with Crippen LogP contribution >= 0.6 is 23.2 Å². The van der Waals surface area contributed by atoms with E-state index in [9.17, 15) is 4.79 Å². The Morgan fingerprint density at radius 2 is 1.41 bits per heavy atom. The summed E-state index contributed by atoms with van der Waals surface area (Å²) in [4.78, 5) is 19.6. The van der Waals surface area contributed by atoms with Crippen LogP contribution in [-0.4, -0.2) is 11.6 Å². The van der Waals surface area contributed by atoms with Crippen molar-refractivity contribution in [3.05, 3.63) is 94.5 Å². The van der Waals surface area contributed by atoms with E-state index >= 15 is 0 Å². The molecule has 0 N–H and O–H groups in total. The molecule has 0 bridgehead atoms. The molecule has 1 heterocycles. The van der Waals surface area contributed by atoms with Crippen molar-refractivity contribution in [3.63, 3.8) is 0 Å². The van der Waals surface area contributed by atoms with E-state index in [0.717, 1.165) is 11.3 Å². The first-order valence-corrected chi connectivity index (χ1v) is 9.34. The Bertz CT molecular complexity index is 983. The van der Waals surface area contributed by atoms with Crippen LogP contribution in [0, 0.1) is 0 Å². The van der Waals surface area contributed by atoms with E-state index in [1.54, 1.807) is 29.2 Å². The molecule has 3 nitrogen and oxygen atoms in total. The normalized spacial score (nSPS) is 18.3. The number of hydrogen-bond acceptors (Lipinski definition) is 2. The SMILES string of the molecule is O=C1C(=Nc2ccc(Cl)cc2)CC(c2ccccc2)N1c1ccc(Cl)cc1. The topological polar surface area (TPSA) is 32.7 Å².